The Kier molecular flexibility index (Phi) is 2.47. The maximum atomic E-state index is 12.7. The van der Waals surface area contributed by atoms with E-state index in [4.69, 9.17) is 0 Å². The van der Waals surface area contributed by atoms with Crippen molar-refractivity contribution in [3.63, 3.8) is 0 Å². The molecule has 1 aliphatic rings. The fourth-order valence-corrected chi connectivity index (χ4v) is 3.15. The molecule has 0 radical (unpaired) electrons. The van der Waals surface area contributed by atoms with Crippen LogP contribution < -0.4 is 16.3 Å². The number of nitrogens with one attached hydrogen (secondary N) is 2. The van der Waals surface area contributed by atoms with E-state index in [2.05, 4.69) is 10.3 Å². The molecule has 1 fully saturated rings. The molecular formula is C15H11N3O4. The van der Waals surface area contributed by atoms with Gasteiger partial charge in [0.15, 0.2) is 5.43 Å². The summed E-state index contributed by atoms with van der Waals surface area (Å²) in [7, 11) is 0. The summed E-state index contributed by atoms with van der Waals surface area (Å²) in [6, 6.07) is 3.67. The monoisotopic (exact) mass is 297 g/mol. The number of nitrogens with zero attached hydrogens (tertiary/aromatic N) is 1. The Bertz CT molecular complexity index is 1050. The number of rotatable bonds is 1. The van der Waals surface area contributed by atoms with Crippen LogP contribution in [0.4, 0.5) is 0 Å². The number of benzene rings is 1. The lowest BCUT2D eigenvalue weighted by atomic mass is 10.1. The van der Waals surface area contributed by atoms with Gasteiger partial charge in [-0.1, -0.05) is 0 Å². The first kappa shape index (κ1) is 12.8. The number of carbonyl (C=O) groups is 2. The minimum atomic E-state index is -0.738. The molecule has 1 aliphatic heterocycles. The van der Waals surface area contributed by atoms with Crippen molar-refractivity contribution >= 4 is 33.6 Å². The Morgan fingerprint density at radius 1 is 1.14 bits per heavy atom. The Morgan fingerprint density at radius 3 is 2.73 bits per heavy atom. The zero-order valence-electron chi connectivity index (χ0n) is 11.4. The number of pyridine rings is 1. The van der Waals surface area contributed by atoms with Crippen LogP contribution in [0, 0.1) is 0 Å². The molecule has 0 bridgehead atoms. The third-order valence-electron chi connectivity index (χ3n) is 4.08. The van der Waals surface area contributed by atoms with E-state index < -0.39 is 11.9 Å². The van der Waals surface area contributed by atoms with Crippen molar-refractivity contribution in [3.8, 4) is 0 Å². The molecule has 7 nitrogen and oxygen atoms in total. The average Bonchev–Trinajstić information content (AvgIpc) is 2.74. The zero-order valence-corrected chi connectivity index (χ0v) is 11.4. The maximum absolute atomic E-state index is 12.7. The van der Waals surface area contributed by atoms with Gasteiger partial charge in [0.05, 0.1) is 16.4 Å². The van der Waals surface area contributed by atoms with Gasteiger partial charge in [0.2, 0.25) is 11.8 Å². The van der Waals surface area contributed by atoms with Crippen molar-refractivity contribution in [1.29, 1.82) is 0 Å². The van der Waals surface area contributed by atoms with E-state index in [1.54, 1.807) is 12.3 Å². The highest BCUT2D eigenvalue weighted by Gasteiger charge is 2.31. The molecule has 7 heteroatoms. The van der Waals surface area contributed by atoms with Gasteiger partial charge >= 0.3 is 0 Å². The molecule has 2 amide bonds. The molecule has 1 saturated heterocycles. The van der Waals surface area contributed by atoms with Gasteiger partial charge in [-0.3, -0.25) is 29.1 Å². The van der Waals surface area contributed by atoms with E-state index in [0.29, 0.717) is 21.8 Å². The van der Waals surface area contributed by atoms with Crippen LogP contribution in [0.15, 0.2) is 34.0 Å². The fourth-order valence-electron chi connectivity index (χ4n) is 3.15. The highest BCUT2D eigenvalue weighted by Crippen LogP contribution is 2.27. The van der Waals surface area contributed by atoms with Crippen molar-refractivity contribution in [1.82, 2.24) is 14.9 Å². The number of aromatic nitrogens is 2. The van der Waals surface area contributed by atoms with E-state index in [-0.39, 0.29) is 29.7 Å². The molecule has 1 atom stereocenters. The lowest BCUT2D eigenvalue weighted by Crippen LogP contribution is -2.43. The van der Waals surface area contributed by atoms with E-state index in [1.807, 2.05) is 0 Å². The lowest BCUT2D eigenvalue weighted by molar-refractivity contribution is -0.135. The predicted molar refractivity (Wildman–Crippen MR) is 78.9 cm³/mol. The van der Waals surface area contributed by atoms with Gasteiger partial charge in [0, 0.05) is 24.1 Å². The smallest absolute Gasteiger partial charge is 0.259 e. The molecule has 110 valence electrons. The third-order valence-corrected chi connectivity index (χ3v) is 4.08. The summed E-state index contributed by atoms with van der Waals surface area (Å²) >= 11 is 0. The second-order valence-corrected chi connectivity index (χ2v) is 5.40. The van der Waals surface area contributed by atoms with Crippen LogP contribution in [0.3, 0.4) is 0 Å². The van der Waals surface area contributed by atoms with Gasteiger partial charge in [-0.05, 0) is 18.6 Å². The van der Waals surface area contributed by atoms with Crippen LogP contribution in [0.25, 0.3) is 21.8 Å². The number of aromatic amines is 1. The molecular weight excluding hydrogens is 286 g/mol. The molecule has 3 aromatic rings. The first-order valence-corrected chi connectivity index (χ1v) is 6.89. The highest BCUT2D eigenvalue weighted by molar-refractivity contribution is 6.09. The average molecular weight is 297 g/mol. The van der Waals surface area contributed by atoms with E-state index >= 15 is 0 Å². The lowest BCUT2D eigenvalue weighted by Gasteiger charge is -2.22. The van der Waals surface area contributed by atoms with Crippen LogP contribution in [-0.4, -0.2) is 21.4 Å². The fraction of sp³-hybridized carbons (Fsp3) is 0.200. The maximum Gasteiger partial charge on any atom is 0.259 e. The number of H-pyrrole nitrogens is 1. The standard InChI is InChI=1S/C15H11N3O4/c19-7-5-8-13-9(6-7)16-4-3-10(13)18(15(8)22)11-1-2-12(20)17-14(11)21/h3-6,11,16H,1-2H2,(H,17,20,21). The van der Waals surface area contributed by atoms with Crippen molar-refractivity contribution < 1.29 is 9.59 Å². The summed E-state index contributed by atoms with van der Waals surface area (Å²) in [5.41, 5.74) is 0.493. The van der Waals surface area contributed by atoms with Crippen LogP contribution >= 0.6 is 0 Å². The molecule has 3 heterocycles. The Morgan fingerprint density at radius 2 is 1.95 bits per heavy atom. The SMILES string of the molecule is O=C1CCC(n2c(=O)c3cc(=O)cc4[nH]ccc2c43)C(=O)N1. The summed E-state index contributed by atoms with van der Waals surface area (Å²) in [6.45, 7) is 0. The van der Waals surface area contributed by atoms with Gasteiger partial charge in [-0.15, -0.1) is 0 Å². The van der Waals surface area contributed by atoms with Gasteiger partial charge in [-0.2, -0.15) is 0 Å². The van der Waals surface area contributed by atoms with Crippen LogP contribution in [0.1, 0.15) is 18.9 Å². The third kappa shape index (κ3) is 1.62. The summed E-state index contributed by atoms with van der Waals surface area (Å²) < 4.78 is 1.38. The van der Waals surface area contributed by atoms with Gasteiger partial charge in [0.1, 0.15) is 6.04 Å². The molecule has 0 spiro atoms. The van der Waals surface area contributed by atoms with Gasteiger partial charge in [-0.25, -0.2) is 0 Å². The topological polar surface area (TPSA) is 101 Å². The normalized spacial score (nSPS) is 19.0. The number of amides is 2. The molecule has 1 unspecified atom stereocenters. The van der Waals surface area contributed by atoms with Crippen molar-refractivity contribution in [3.05, 3.63) is 45.0 Å². The first-order chi connectivity index (χ1) is 10.6. The Labute approximate surface area is 122 Å². The highest BCUT2D eigenvalue weighted by atomic mass is 16.2. The summed E-state index contributed by atoms with van der Waals surface area (Å²) in [5.74, 6) is -0.820. The molecule has 1 aromatic carbocycles. The Hall–Kier alpha value is -2.96. The van der Waals surface area contributed by atoms with Crippen LogP contribution in [0.2, 0.25) is 0 Å². The minimum Gasteiger partial charge on any atom is -0.361 e. The summed E-state index contributed by atoms with van der Waals surface area (Å²) in [4.78, 5) is 50.7. The first-order valence-electron chi connectivity index (χ1n) is 6.89. The molecule has 22 heavy (non-hydrogen) atoms. The molecule has 0 saturated carbocycles. The number of hydrogen-bond donors (Lipinski definition) is 2. The molecule has 2 N–H and O–H groups in total. The zero-order chi connectivity index (χ0) is 15.4. The number of piperidine rings is 1. The molecule has 2 aromatic heterocycles. The summed E-state index contributed by atoms with van der Waals surface area (Å²) in [5, 5.41) is 3.18. The minimum absolute atomic E-state index is 0.186. The van der Waals surface area contributed by atoms with E-state index in [0.717, 1.165) is 0 Å². The second-order valence-electron chi connectivity index (χ2n) is 5.40. The van der Waals surface area contributed by atoms with Crippen LogP contribution in [-0.2, 0) is 9.59 Å². The summed E-state index contributed by atoms with van der Waals surface area (Å²) in [6.07, 6.45) is 2.08. The van der Waals surface area contributed by atoms with Crippen molar-refractivity contribution in [2.24, 2.45) is 0 Å². The second kappa shape index (κ2) is 4.27. The van der Waals surface area contributed by atoms with Crippen LogP contribution in [0.5, 0.6) is 0 Å². The number of carbonyl (C=O) groups excluding carboxylic acids is 2. The Balaban J connectivity index is 2.07. The quantitative estimate of drug-likeness (QED) is 0.629. The molecule has 0 aliphatic carbocycles. The number of hydrogen-bond acceptors (Lipinski definition) is 4. The number of imide groups is 1. The molecule has 4 rings (SSSR count). The van der Waals surface area contributed by atoms with Crippen molar-refractivity contribution in [2.45, 2.75) is 18.9 Å². The predicted octanol–water partition coefficient (Wildman–Crippen LogP) is 0.258. The van der Waals surface area contributed by atoms with E-state index in [1.165, 1.54) is 16.7 Å². The van der Waals surface area contributed by atoms with E-state index in [9.17, 15) is 19.2 Å². The largest absolute Gasteiger partial charge is 0.361 e. The van der Waals surface area contributed by atoms with Gasteiger partial charge < -0.3 is 4.98 Å². The van der Waals surface area contributed by atoms with Gasteiger partial charge in [0.25, 0.3) is 5.56 Å². The van der Waals surface area contributed by atoms with Crippen molar-refractivity contribution in [2.75, 3.05) is 0 Å².